The van der Waals surface area contributed by atoms with E-state index in [0.717, 1.165) is 0 Å². The molecule has 0 aromatic rings. The monoisotopic (exact) mass is 175 g/mol. The lowest BCUT2D eigenvalue weighted by Gasteiger charge is -2.08. The van der Waals surface area contributed by atoms with Gasteiger partial charge in [0, 0.05) is 13.8 Å². The highest BCUT2D eigenvalue weighted by molar-refractivity contribution is 5.74. The maximum Gasteiger partial charge on any atom is 0.335 e. The standard InChI is InChI=1S/C7H13NO4/c1-6(10-3)7(9)11-4-5-12-8-2/h6H,2,4-5H2,1,3H3. The van der Waals surface area contributed by atoms with Crippen molar-refractivity contribution >= 4 is 12.7 Å². The van der Waals surface area contributed by atoms with E-state index < -0.39 is 12.1 Å². The van der Waals surface area contributed by atoms with Gasteiger partial charge in [-0.25, -0.2) is 4.79 Å². The Morgan fingerprint density at radius 3 is 2.75 bits per heavy atom. The minimum atomic E-state index is -0.540. The Morgan fingerprint density at radius 2 is 2.25 bits per heavy atom. The van der Waals surface area contributed by atoms with Gasteiger partial charge in [0.2, 0.25) is 0 Å². The highest BCUT2D eigenvalue weighted by Crippen LogP contribution is 1.91. The highest BCUT2D eigenvalue weighted by Gasteiger charge is 2.12. The third-order valence-corrected chi connectivity index (χ3v) is 1.20. The minimum Gasteiger partial charge on any atom is -0.460 e. The average molecular weight is 175 g/mol. The molecule has 0 heterocycles. The van der Waals surface area contributed by atoms with Gasteiger partial charge in [-0.2, -0.15) is 0 Å². The molecule has 0 fully saturated rings. The van der Waals surface area contributed by atoms with Crippen LogP contribution in [-0.4, -0.2) is 39.1 Å². The van der Waals surface area contributed by atoms with Crippen LogP contribution in [-0.2, 0) is 19.1 Å². The summed E-state index contributed by atoms with van der Waals surface area (Å²) in [4.78, 5) is 15.4. The van der Waals surface area contributed by atoms with Gasteiger partial charge in [-0.3, -0.25) is 0 Å². The lowest BCUT2D eigenvalue weighted by atomic mass is 10.4. The second-order valence-corrected chi connectivity index (χ2v) is 2.01. The molecule has 0 saturated heterocycles. The molecule has 0 aliphatic heterocycles. The number of methoxy groups -OCH3 is 1. The van der Waals surface area contributed by atoms with Gasteiger partial charge in [-0.15, -0.1) is 5.16 Å². The van der Waals surface area contributed by atoms with E-state index >= 15 is 0 Å². The lowest BCUT2D eigenvalue weighted by Crippen LogP contribution is -2.23. The molecular formula is C7H13NO4. The van der Waals surface area contributed by atoms with Gasteiger partial charge in [0.15, 0.2) is 12.7 Å². The zero-order valence-corrected chi connectivity index (χ0v) is 7.28. The first-order valence-electron chi connectivity index (χ1n) is 3.49. The first-order chi connectivity index (χ1) is 5.72. The third kappa shape index (κ3) is 4.68. The number of rotatable bonds is 6. The summed E-state index contributed by atoms with van der Waals surface area (Å²) >= 11 is 0. The van der Waals surface area contributed by atoms with Gasteiger partial charge in [0.25, 0.3) is 0 Å². The van der Waals surface area contributed by atoms with Crippen molar-refractivity contribution in [2.75, 3.05) is 20.3 Å². The van der Waals surface area contributed by atoms with Crippen LogP contribution in [0.25, 0.3) is 0 Å². The Hall–Kier alpha value is -1.10. The molecule has 0 rings (SSSR count). The molecule has 12 heavy (non-hydrogen) atoms. The molecule has 0 N–H and O–H groups in total. The van der Waals surface area contributed by atoms with Crippen molar-refractivity contribution in [2.45, 2.75) is 13.0 Å². The topological polar surface area (TPSA) is 57.1 Å². The van der Waals surface area contributed by atoms with Crippen LogP contribution < -0.4 is 0 Å². The van der Waals surface area contributed by atoms with Crippen LogP contribution in [0.5, 0.6) is 0 Å². The maximum absolute atomic E-state index is 10.9. The molecule has 70 valence electrons. The summed E-state index contributed by atoms with van der Waals surface area (Å²) in [6.45, 7) is 5.07. The van der Waals surface area contributed by atoms with Crippen LogP contribution in [0.1, 0.15) is 6.92 Å². The van der Waals surface area contributed by atoms with Crippen molar-refractivity contribution in [3.63, 3.8) is 0 Å². The van der Waals surface area contributed by atoms with Crippen molar-refractivity contribution in [3.05, 3.63) is 0 Å². The number of oxime groups is 1. The zero-order chi connectivity index (χ0) is 9.40. The van der Waals surface area contributed by atoms with Crippen LogP contribution in [0.15, 0.2) is 5.16 Å². The summed E-state index contributed by atoms with van der Waals surface area (Å²) < 4.78 is 9.44. The molecule has 0 spiro atoms. The molecular weight excluding hydrogens is 162 g/mol. The van der Waals surface area contributed by atoms with Gasteiger partial charge in [0.1, 0.15) is 6.61 Å². The molecule has 0 aromatic heterocycles. The SMILES string of the molecule is C=NOCCOC(=O)C(C)OC. The van der Waals surface area contributed by atoms with E-state index in [2.05, 4.69) is 16.7 Å². The van der Waals surface area contributed by atoms with Crippen molar-refractivity contribution in [1.82, 2.24) is 0 Å². The summed E-state index contributed by atoms with van der Waals surface area (Å²) in [7, 11) is 1.44. The van der Waals surface area contributed by atoms with Crippen LogP contribution in [0, 0.1) is 0 Å². The molecule has 0 amide bonds. The predicted octanol–water partition coefficient (Wildman–Crippen LogP) is 0.197. The van der Waals surface area contributed by atoms with Crippen LogP contribution in [0.2, 0.25) is 0 Å². The Morgan fingerprint density at radius 1 is 1.58 bits per heavy atom. The molecule has 5 heteroatoms. The van der Waals surface area contributed by atoms with E-state index in [-0.39, 0.29) is 13.2 Å². The molecule has 0 aliphatic rings. The van der Waals surface area contributed by atoms with Gasteiger partial charge >= 0.3 is 5.97 Å². The zero-order valence-electron chi connectivity index (χ0n) is 7.28. The van der Waals surface area contributed by atoms with E-state index in [4.69, 9.17) is 9.47 Å². The normalized spacial score (nSPS) is 11.8. The maximum atomic E-state index is 10.9. The highest BCUT2D eigenvalue weighted by atomic mass is 16.6. The predicted molar refractivity (Wildman–Crippen MR) is 42.9 cm³/mol. The van der Waals surface area contributed by atoms with Gasteiger partial charge in [0.05, 0.1) is 0 Å². The molecule has 5 nitrogen and oxygen atoms in total. The summed E-state index contributed by atoms with van der Waals surface area (Å²) in [6, 6.07) is 0. The summed E-state index contributed by atoms with van der Waals surface area (Å²) in [6.07, 6.45) is -0.540. The van der Waals surface area contributed by atoms with E-state index in [9.17, 15) is 4.79 Å². The molecule has 0 aromatic carbocycles. The molecule has 0 bridgehead atoms. The van der Waals surface area contributed by atoms with Crippen molar-refractivity contribution in [1.29, 1.82) is 0 Å². The van der Waals surface area contributed by atoms with E-state index in [0.29, 0.717) is 0 Å². The molecule has 0 radical (unpaired) electrons. The number of carbonyl (C=O) groups is 1. The Labute approximate surface area is 71.3 Å². The number of esters is 1. The summed E-state index contributed by atoms with van der Waals surface area (Å²) in [5.74, 6) is -0.412. The fourth-order valence-electron chi connectivity index (χ4n) is 0.458. The van der Waals surface area contributed by atoms with Gasteiger partial charge in [-0.1, -0.05) is 0 Å². The second kappa shape index (κ2) is 6.60. The first kappa shape index (κ1) is 10.9. The molecule has 1 atom stereocenters. The second-order valence-electron chi connectivity index (χ2n) is 2.01. The average Bonchev–Trinajstić information content (AvgIpc) is 2.10. The number of carbonyl (C=O) groups excluding carboxylic acids is 1. The summed E-state index contributed by atoms with van der Waals surface area (Å²) in [5.41, 5.74) is 0. The van der Waals surface area contributed by atoms with Crippen molar-refractivity contribution in [3.8, 4) is 0 Å². The lowest BCUT2D eigenvalue weighted by molar-refractivity contribution is -0.155. The van der Waals surface area contributed by atoms with Crippen LogP contribution >= 0.6 is 0 Å². The molecule has 0 saturated carbocycles. The minimum absolute atomic E-state index is 0.158. The molecule has 1 unspecified atom stereocenters. The number of nitrogens with zero attached hydrogens (tertiary/aromatic N) is 1. The fourth-order valence-corrected chi connectivity index (χ4v) is 0.458. The Kier molecular flexibility index (Phi) is 6.00. The summed E-state index contributed by atoms with van der Waals surface area (Å²) in [5, 5.41) is 3.12. The van der Waals surface area contributed by atoms with Crippen LogP contribution in [0.4, 0.5) is 0 Å². The first-order valence-corrected chi connectivity index (χ1v) is 3.49. The van der Waals surface area contributed by atoms with E-state index in [1.807, 2.05) is 0 Å². The third-order valence-electron chi connectivity index (χ3n) is 1.20. The quantitative estimate of drug-likeness (QED) is 0.250. The fraction of sp³-hybridized carbons (Fsp3) is 0.714. The number of hydrogen-bond acceptors (Lipinski definition) is 5. The largest absolute Gasteiger partial charge is 0.460 e. The van der Waals surface area contributed by atoms with Gasteiger partial charge < -0.3 is 14.3 Å². The number of ether oxygens (including phenoxy) is 2. The van der Waals surface area contributed by atoms with Gasteiger partial charge in [-0.05, 0) is 6.92 Å². The van der Waals surface area contributed by atoms with Crippen molar-refractivity contribution in [2.24, 2.45) is 5.16 Å². The van der Waals surface area contributed by atoms with Crippen LogP contribution in [0.3, 0.4) is 0 Å². The smallest absolute Gasteiger partial charge is 0.335 e. The van der Waals surface area contributed by atoms with E-state index in [1.54, 1.807) is 6.92 Å². The Balaban J connectivity index is 3.37. The number of hydrogen-bond donors (Lipinski definition) is 0. The van der Waals surface area contributed by atoms with E-state index in [1.165, 1.54) is 7.11 Å². The van der Waals surface area contributed by atoms with Crippen molar-refractivity contribution < 1.29 is 19.1 Å². The Bertz CT molecular complexity index is 148. The molecule has 0 aliphatic carbocycles.